The number of benzene rings is 10. The largest absolute Gasteiger partial charge is 1.00 e. The van der Waals surface area contributed by atoms with Gasteiger partial charge in [-0.2, -0.15) is 0 Å². The second kappa shape index (κ2) is 42.1. The van der Waals surface area contributed by atoms with E-state index in [4.69, 9.17) is 25.8 Å². The van der Waals surface area contributed by atoms with Gasteiger partial charge in [0.15, 0.2) is 0 Å². The summed E-state index contributed by atoms with van der Waals surface area (Å²) in [5, 5.41) is 46.1. The molecule has 0 amide bonds. The van der Waals surface area contributed by atoms with Gasteiger partial charge in [0.25, 0.3) is 0 Å². The Morgan fingerprint density at radius 3 is 0.517 bits per heavy atom. The molecule has 0 fully saturated rings. The van der Waals surface area contributed by atoms with Crippen LogP contribution in [0.2, 0.25) is 0 Å². The Morgan fingerprint density at radius 2 is 0.404 bits per heavy atom. The Kier molecular flexibility index (Phi) is 35.7. The van der Waals surface area contributed by atoms with Crippen LogP contribution < -0.4 is 76.4 Å². The predicted molar refractivity (Wildman–Crippen MR) is 377 cm³/mol. The van der Waals surface area contributed by atoms with E-state index in [0.717, 1.165) is 13.2 Å². The zero-order chi connectivity index (χ0) is 62.0. The van der Waals surface area contributed by atoms with Crippen LogP contribution in [0, 0.1) is 40.9 Å². The van der Waals surface area contributed by atoms with Gasteiger partial charge in [-0.25, -0.2) is 0 Å². The monoisotopic (exact) mass is 1600 g/mol. The van der Waals surface area contributed by atoms with E-state index in [-0.39, 0.29) is 93.8 Å². The third-order valence-electron chi connectivity index (χ3n) is 14.2. The van der Waals surface area contributed by atoms with E-state index in [1.807, 2.05) is 38.1 Å². The second-order valence-corrected chi connectivity index (χ2v) is 35.7. The summed E-state index contributed by atoms with van der Waals surface area (Å²) in [5.41, 5.74) is 4.98. The molecule has 0 N–H and O–H groups in total. The molecule has 0 spiro atoms. The van der Waals surface area contributed by atoms with Crippen molar-refractivity contribution in [2.24, 2.45) is 0 Å². The van der Waals surface area contributed by atoms with Gasteiger partial charge in [0, 0.05) is 13.2 Å². The zero-order valence-corrected chi connectivity index (χ0v) is 62.7. The third kappa shape index (κ3) is 21.0. The quantitative estimate of drug-likeness (QED) is 0.0640. The van der Waals surface area contributed by atoms with E-state index in [1.165, 1.54) is 64.7 Å². The molecule has 10 aromatic rings. The molecule has 4 atom stereocenters. The fourth-order valence-corrected chi connectivity index (χ4v) is 23.0. The molecule has 0 bridgehead atoms. The zero-order valence-electron chi connectivity index (χ0n) is 50.9. The Labute approximate surface area is 578 Å². The summed E-state index contributed by atoms with van der Waals surface area (Å²) >= 11 is -0.0735. The van der Waals surface area contributed by atoms with Gasteiger partial charge in [-0.05, 0) is 111 Å². The van der Waals surface area contributed by atoms with Gasteiger partial charge in [-0.1, -0.05) is 146 Å². The molecule has 0 heterocycles. The summed E-state index contributed by atoms with van der Waals surface area (Å²) in [6.07, 6.45) is 0. The van der Waals surface area contributed by atoms with Crippen LogP contribution in [0.5, 0.6) is 0 Å². The third-order valence-corrected chi connectivity index (χ3v) is 28.8. The van der Waals surface area contributed by atoms with Gasteiger partial charge < -0.3 is 38.7 Å². The van der Waals surface area contributed by atoms with E-state index >= 15 is 0 Å². The maximum absolute atomic E-state index is 8.76. The fourth-order valence-electron chi connectivity index (χ4n) is 10.3. The van der Waals surface area contributed by atoms with E-state index in [0.29, 0.717) is 19.3 Å². The predicted octanol–water partition coefficient (Wildman–Crippen LogP) is 8.02. The SMILES string of the molecule is CCOCC.C[C@@H]([Se]C#N)c1ccccc1[C@@H](C)[Se]C#N.C[C@H]([Se]C#N)c1ccccc1[C@H](C)[Se]C#N.[Br-].[Br-].c1ccc([P+](c2ccccc2)(c2ccccc2)c2ccccc2)cc1.c1ccc([P+](c2ccccc2)(c2ccccc2)c2ccccc2)cc1. The first-order valence-corrected chi connectivity index (χ1v) is 39.8. The van der Waals surface area contributed by atoms with Crippen molar-refractivity contribution in [3.63, 3.8) is 0 Å². The van der Waals surface area contributed by atoms with Crippen molar-refractivity contribution in [1.82, 2.24) is 0 Å². The molecule has 0 saturated heterocycles. The van der Waals surface area contributed by atoms with Gasteiger partial charge in [-0.3, -0.25) is 0 Å². The van der Waals surface area contributed by atoms with Crippen molar-refractivity contribution in [3.8, 4) is 19.9 Å². The maximum atomic E-state index is 8.76. The fraction of sp³-hybridized carbons (Fsp3) is 0.158. The van der Waals surface area contributed by atoms with Crippen molar-refractivity contribution in [2.45, 2.75) is 60.8 Å². The van der Waals surface area contributed by atoms with Crippen LogP contribution in [-0.2, 0) is 4.74 Å². The van der Waals surface area contributed by atoms with E-state index in [1.54, 1.807) is 0 Å². The van der Waals surface area contributed by atoms with Crippen LogP contribution in [0.3, 0.4) is 0 Å². The molecule has 0 saturated carbocycles. The average molecular weight is 1600 g/mol. The Bertz CT molecular complexity index is 3080. The first kappa shape index (κ1) is 75.5. The summed E-state index contributed by atoms with van der Waals surface area (Å²) in [7, 11) is -3.81. The van der Waals surface area contributed by atoms with Crippen molar-refractivity contribution in [1.29, 1.82) is 21.0 Å². The molecule has 452 valence electrons. The molecule has 0 aliphatic carbocycles. The molecule has 0 aliphatic heterocycles. The van der Waals surface area contributed by atoms with Crippen LogP contribution in [0.1, 0.15) is 83.1 Å². The first-order chi connectivity index (χ1) is 42.7. The van der Waals surface area contributed by atoms with Crippen LogP contribution in [0.25, 0.3) is 0 Å². The number of hydrogen-bond acceptors (Lipinski definition) is 5. The van der Waals surface area contributed by atoms with Crippen LogP contribution >= 0.6 is 14.5 Å². The summed E-state index contributed by atoms with van der Waals surface area (Å²) in [4.78, 5) is 10.3. The molecule has 5 nitrogen and oxygen atoms in total. The number of ether oxygens (including phenoxy) is 1. The van der Waals surface area contributed by atoms with Crippen molar-refractivity contribution >= 4 is 117 Å². The van der Waals surface area contributed by atoms with Crippen molar-refractivity contribution < 1.29 is 38.7 Å². The normalized spacial score (nSPS) is 11.6. The molecular weight excluding hydrogens is 1520 g/mol. The summed E-state index contributed by atoms with van der Waals surface area (Å²) in [6, 6.07) is 104. The Morgan fingerprint density at radius 1 is 0.270 bits per heavy atom. The maximum Gasteiger partial charge on any atom is 0.144 e. The average Bonchev–Trinajstić information content (AvgIpc) is 0.827. The van der Waals surface area contributed by atoms with Gasteiger partial charge in [-0.15, -0.1) is 0 Å². The molecule has 0 aromatic heterocycles. The number of nitrogens with zero attached hydrogens (tertiary/aromatic N) is 4. The van der Waals surface area contributed by atoms with Gasteiger partial charge in [0.05, 0.1) is 0 Å². The minimum absolute atomic E-state index is 0. The summed E-state index contributed by atoms with van der Waals surface area (Å²) < 4.78 is 4.83. The summed E-state index contributed by atoms with van der Waals surface area (Å²) in [6.45, 7) is 14.0. The topological polar surface area (TPSA) is 104 Å². The first-order valence-electron chi connectivity index (χ1n) is 28.8. The molecule has 10 rings (SSSR count). The number of halogens is 2. The van der Waals surface area contributed by atoms with E-state index in [2.05, 4.69) is 314 Å². The van der Waals surface area contributed by atoms with Crippen molar-refractivity contribution in [2.75, 3.05) is 13.2 Å². The molecule has 13 heteroatoms. The second-order valence-electron chi connectivity index (χ2n) is 19.5. The molecule has 89 heavy (non-hydrogen) atoms. The molecule has 0 radical (unpaired) electrons. The van der Waals surface area contributed by atoms with Gasteiger partial charge >= 0.3 is 218 Å². The van der Waals surface area contributed by atoms with E-state index < -0.39 is 14.5 Å². The molecule has 0 aliphatic rings. The van der Waals surface area contributed by atoms with Crippen LogP contribution in [0.4, 0.5) is 0 Å². The van der Waals surface area contributed by atoms with Gasteiger partial charge in [0.2, 0.25) is 0 Å². The Hall–Kier alpha value is -5.98. The van der Waals surface area contributed by atoms with E-state index in [9.17, 15) is 0 Å². The van der Waals surface area contributed by atoms with Crippen LogP contribution in [0.15, 0.2) is 291 Å². The molecular formula is C76H74Br2N4OP2Se4. The number of nitriles is 4. The van der Waals surface area contributed by atoms with Gasteiger partial charge in [0.1, 0.15) is 57.0 Å². The standard InChI is InChI=1S/2C24H20P.2C12H12N2Se2.C4H10O.2BrH/c2*1-5-13-21(14-6-1)25(22-15-7-2-8-16-22,23-17-9-3-10-18-23)24-19-11-4-12-20-24;2*1-9(15-7-13)11-5-3-4-6-12(11)10(2)16-8-14;1-3-5-4-2;;/h2*1-20H;2*3-6,9-10H,1-2H3;3-4H2,1-2H3;2*1H/q2*+1;;;;;/p-2/t;;2*9-,10-;;;/m..10.../s1. The minimum atomic E-state index is -1.91. The minimum Gasteiger partial charge on any atom is -1.00 e. The van der Waals surface area contributed by atoms with Crippen LogP contribution in [-0.4, -0.2) is 73.0 Å². The Balaban J connectivity index is 0.000000250. The smallest absolute Gasteiger partial charge is 0.144 e. The number of rotatable bonds is 18. The van der Waals surface area contributed by atoms with Crippen molar-refractivity contribution in [3.05, 3.63) is 313 Å². The molecule has 10 aromatic carbocycles. The summed E-state index contributed by atoms with van der Waals surface area (Å²) in [5.74, 6) is 0. The number of hydrogen-bond donors (Lipinski definition) is 0. The molecule has 0 unspecified atom stereocenters.